The third-order valence-corrected chi connectivity index (χ3v) is 6.21. The van der Waals surface area contributed by atoms with Crippen LogP contribution in [0.1, 0.15) is 59.9 Å². The Morgan fingerprint density at radius 3 is 2.72 bits per heavy atom. The first-order chi connectivity index (χ1) is 14.1. The molecule has 2 aliphatic rings. The number of nitrogens with one attached hydrogen (secondary N) is 1. The first kappa shape index (κ1) is 17.7. The molecule has 29 heavy (non-hydrogen) atoms. The van der Waals surface area contributed by atoms with Gasteiger partial charge in [0, 0.05) is 31.1 Å². The van der Waals surface area contributed by atoms with Crippen molar-refractivity contribution in [2.45, 2.75) is 44.7 Å². The van der Waals surface area contributed by atoms with Gasteiger partial charge < -0.3 is 14.6 Å². The first-order valence-corrected chi connectivity index (χ1v) is 10.1. The number of benzene rings is 2. The number of nitrogens with zero attached hydrogens (tertiary/aromatic N) is 4. The summed E-state index contributed by atoms with van der Waals surface area (Å²) in [5, 5.41) is 20.9. The molecule has 0 spiro atoms. The van der Waals surface area contributed by atoms with Crippen LogP contribution in [0.5, 0.6) is 0 Å². The highest BCUT2D eigenvalue weighted by Crippen LogP contribution is 2.46. The van der Waals surface area contributed by atoms with E-state index in [1.54, 1.807) is 6.92 Å². The number of nitriles is 1. The lowest BCUT2D eigenvalue weighted by Crippen LogP contribution is -2.41. The predicted octanol–water partition coefficient (Wildman–Crippen LogP) is 4.54. The molecule has 3 heterocycles. The van der Waals surface area contributed by atoms with Crippen molar-refractivity contribution >= 4 is 11.7 Å². The van der Waals surface area contributed by atoms with E-state index >= 15 is 0 Å². The van der Waals surface area contributed by atoms with Crippen molar-refractivity contribution in [1.82, 2.24) is 10.2 Å². The Morgan fingerprint density at radius 2 is 1.97 bits per heavy atom. The fourth-order valence-electron chi connectivity index (χ4n) is 4.82. The van der Waals surface area contributed by atoms with Crippen molar-refractivity contribution in [3.8, 4) is 6.07 Å². The molecular weight excluding hydrogens is 362 g/mol. The number of hydrogen-bond donors (Lipinski definition) is 1. The Bertz CT molecular complexity index is 1100. The van der Waals surface area contributed by atoms with E-state index < -0.39 is 0 Å². The minimum absolute atomic E-state index is 0.241. The van der Waals surface area contributed by atoms with Crippen LogP contribution in [0.15, 0.2) is 46.9 Å². The minimum Gasteiger partial charge on any atom is -0.408 e. The van der Waals surface area contributed by atoms with Crippen molar-refractivity contribution in [2.24, 2.45) is 0 Å². The van der Waals surface area contributed by atoms with Gasteiger partial charge in [0.25, 0.3) is 0 Å². The maximum Gasteiger partial charge on any atom is 0.315 e. The van der Waals surface area contributed by atoms with Crippen LogP contribution >= 0.6 is 0 Å². The molecule has 0 bridgehead atoms. The van der Waals surface area contributed by atoms with Gasteiger partial charge in [-0.3, -0.25) is 0 Å². The third-order valence-electron chi connectivity index (χ3n) is 6.21. The molecule has 1 aromatic heterocycles. The van der Waals surface area contributed by atoms with Crippen LogP contribution in [0.25, 0.3) is 0 Å². The fourth-order valence-corrected chi connectivity index (χ4v) is 4.82. The quantitative estimate of drug-likeness (QED) is 0.698. The second-order valence-corrected chi connectivity index (χ2v) is 7.94. The Morgan fingerprint density at radius 1 is 1.14 bits per heavy atom. The summed E-state index contributed by atoms with van der Waals surface area (Å²) in [6, 6.07) is 18.1. The topological polar surface area (TPSA) is 78.0 Å². The number of fused-ring (bicyclic) bond motifs is 5. The second kappa shape index (κ2) is 6.93. The van der Waals surface area contributed by atoms with Crippen molar-refractivity contribution in [3.63, 3.8) is 0 Å². The highest BCUT2D eigenvalue weighted by molar-refractivity contribution is 5.64. The molecule has 1 fully saturated rings. The SMILES string of the molecule is Cc1nnc(N[C@@H]2CCN3c4ccc(C#N)cc4[C@H](C)c4ccccc4[C@H]3C2)o1. The Labute approximate surface area is 170 Å². The molecule has 6 nitrogen and oxygen atoms in total. The van der Waals surface area contributed by atoms with Crippen LogP contribution < -0.4 is 10.2 Å². The summed E-state index contributed by atoms with van der Waals surface area (Å²) < 4.78 is 5.54. The van der Waals surface area contributed by atoms with Crippen LogP contribution in [-0.2, 0) is 0 Å². The third kappa shape index (κ3) is 3.03. The van der Waals surface area contributed by atoms with Gasteiger partial charge >= 0.3 is 6.01 Å². The molecular formula is C23H23N5O. The number of rotatable bonds is 2. The largest absolute Gasteiger partial charge is 0.408 e. The van der Waals surface area contributed by atoms with E-state index in [9.17, 15) is 5.26 Å². The normalized spacial score (nSPS) is 22.7. The lowest BCUT2D eigenvalue weighted by atomic mass is 9.86. The van der Waals surface area contributed by atoms with Gasteiger partial charge in [-0.2, -0.15) is 5.26 Å². The van der Waals surface area contributed by atoms with Crippen molar-refractivity contribution in [2.75, 3.05) is 16.8 Å². The van der Waals surface area contributed by atoms with Crippen molar-refractivity contribution in [1.29, 1.82) is 5.26 Å². The van der Waals surface area contributed by atoms with E-state index in [1.807, 2.05) is 6.07 Å². The van der Waals surface area contributed by atoms with Crippen LogP contribution in [0.3, 0.4) is 0 Å². The number of piperidine rings is 1. The maximum atomic E-state index is 9.41. The lowest BCUT2D eigenvalue weighted by Gasteiger charge is -2.41. The van der Waals surface area contributed by atoms with Gasteiger partial charge in [-0.05, 0) is 47.7 Å². The van der Waals surface area contributed by atoms with E-state index in [-0.39, 0.29) is 18.0 Å². The fraction of sp³-hybridized carbons (Fsp3) is 0.348. The highest BCUT2D eigenvalue weighted by atomic mass is 16.4. The van der Waals surface area contributed by atoms with Gasteiger partial charge in [0.05, 0.1) is 17.7 Å². The van der Waals surface area contributed by atoms with E-state index in [1.165, 1.54) is 22.4 Å². The zero-order valence-electron chi connectivity index (χ0n) is 16.6. The van der Waals surface area contributed by atoms with E-state index in [0.29, 0.717) is 11.9 Å². The molecule has 0 aliphatic carbocycles. The number of anilines is 2. The molecule has 3 atom stereocenters. The summed E-state index contributed by atoms with van der Waals surface area (Å²) in [5.74, 6) is 0.811. The zero-order chi connectivity index (χ0) is 20.0. The average Bonchev–Trinajstić information content (AvgIpc) is 3.13. The Kier molecular flexibility index (Phi) is 4.24. The minimum atomic E-state index is 0.241. The molecule has 146 valence electrons. The smallest absolute Gasteiger partial charge is 0.315 e. The van der Waals surface area contributed by atoms with Gasteiger partial charge in [-0.25, -0.2) is 0 Å². The molecule has 2 aromatic carbocycles. The Balaban J connectivity index is 1.55. The predicted molar refractivity (Wildman–Crippen MR) is 111 cm³/mol. The first-order valence-electron chi connectivity index (χ1n) is 10.1. The average molecular weight is 385 g/mol. The van der Waals surface area contributed by atoms with Crippen LogP contribution in [-0.4, -0.2) is 22.8 Å². The van der Waals surface area contributed by atoms with Gasteiger partial charge in [-0.1, -0.05) is 36.3 Å². The number of hydrogen-bond acceptors (Lipinski definition) is 6. The summed E-state index contributed by atoms with van der Waals surface area (Å²) >= 11 is 0. The highest BCUT2D eigenvalue weighted by Gasteiger charge is 2.36. The monoisotopic (exact) mass is 385 g/mol. The summed E-state index contributed by atoms with van der Waals surface area (Å²) in [5.41, 5.74) is 5.89. The lowest BCUT2D eigenvalue weighted by molar-refractivity contribution is 0.425. The maximum absolute atomic E-state index is 9.41. The summed E-state index contributed by atoms with van der Waals surface area (Å²) in [4.78, 5) is 2.51. The van der Waals surface area contributed by atoms with Crippen molar-refractivity contribution in [3.05, 3.63) is 70.6 Å². The summed E-state index contributed by atoms with van der Waals surface area (Å²) in [6.07, 6.45) is 1.93. The molecule has 0 saturated carbocycles. The zero-order valence-corrected chi connectivity index (χ0v) is 16.6. The molecule has 2 aliphatic heterocycles. The van der Waals surface area contributed by atoms with Crippen LogP contribution in [0, 0.1) is 18.3 Å². The molecule has 0 unspecified atom stereocenters. The molecule has 1 N–H and O–H groups in total. The molecule has 5 rings (SSSR count). The van der Waals surface area contributed by atoms with E-state index in [0.717, 1.165) is 24.9 Å². The summed E-state index contributed by atoms with van der Waals surface area (Å²) in [6.45, 7) is 4.97. The van der Waals surface area contributed by atoms with Crippen LogP contribution in [0.2, 0.25) is 0 Å². The van der Waals surface area contributed by atoms with E-state index in [2.05, 4.69) is 69.8 Å². The van der Waals surface area contributed by atoms with Gasteiger partial charge in [0.2, 0.25) is 5.89 Å². The van der Waals surface area contributed by atoms with Gasteiger partial charge in [0.1, 0.15) is 0 Å². The molecule has 0 amide bonds. The molecule has 1 saturated heterocycles. The second-order valence-electron chi connectivity index (χ2n) is 7.94. The number of aromatic nitrogens is 2. The van der Waals surface area contributed by atoms with Gasteiger partial charge in [-0.15, -0.1) is 5.10 Å². The molecule has 6 heteroatoms. The number of aryl methyl sites for hydroxylation is 1. The standard InChI is InChI=1S/C23H23N5O/c1-14-18-5-3-4-6-19(18)22-12-17(25-23-27-26-15(2)29-23)9-10-28(22)21-8-7-16(13-24)11-20(14)21/h3-8,11,14,17,22H,9-10,12H2,1-2H3,(H,25,27)/t14-,17-,22-/m1/s1. The molecule has 3 aromatic rings. The van der Waals surface area contributed by atoms with E-state index in [4.69, 9.17) is 4.42 Å². The van der Waals surface area contributed by atoms with Gasteiger partial charge in [0.15, 0.2) is 0 Å². The molecule has 0 radical (unpaired) electrons. The van der Waals surface area contributed by atoms with Crippen molar-refractivity contribution < 1.29 is 4.42 Å². The summed E-state index contributed by atoms with van der Waals surface area (Å²) in [7, 11) is 0. The Hall–Kier alpha value is -3.33. The van der Waals surface area contributed by atoms with Crippen LogP contribution in [0.4, 0.5) is 11.7 Å².